The second-order valence-corrected chi connectivity index (χ2v) is 4.50. The molecule has 1 aliphatic rings. The topological polar surface area (TPSA) is 12.0 Å². The molecule has 1 heteroatoms. The van der Waals surface area contributed by atoms with E-state index in [4.69, 9.17) is 0 Å². The maximum absolute atomic E-state index is 3.55. The van der Waals surface area contributed by atoms with E-state index in [0.29, 0.717) is 6.04 Å². The monoisotopic (exact) mass is 189 g/mol. The van der Waals surface area contributed by atoms with Gasteiger partial charge in [-0.15, -0.1) is 0 Å². The summed E-state index contributed by atoms with van der Waals surface area (Å²) in [6.45, 7) is 5.58. The Morgan fingerprint density at radius 3 is 2.79 bits per heavy atom. The van der Waals surface area contributed by atoms with Crippen LogP contribution in [0, 0.1) is 6.92 Å². The molecule has 1 aromatic rings. The van der Waals surface area contributed by atoms with Crippen molar-refractivity contribution in [3.63, 3.8) is 0 Å². The van der Waals surface area contributed by atoms with Crippen molar-refractivity contribution >= 4 is 0 Å². The first-order valence-corrected chi connectivity index (χ1v) is 5.55. The van der Waals surface area contributed by atoms with Crippen LogP contribution in [-0.4, -0.2) is 12.6 Å². The van der Waals surface area contributed by atoms with Crippen LogP contribution in [0.4, 0.5) is 0 Å². The number of nitrogens with one attached hydrogen (secondary N) is 1. The highest BCUT2D eigenvalue weighted by molar-refractivity contribution is 5.26. The lowest BCUT2D eigenvalue weighted by Crippen LogP contribution is -2.35. The molecular weight excluding hydrogens is 170 g/mol. The van der Waals surface area contributed by atoms with E-state index in [-0.39, 0.29) is 0 Å². The Bertz CT molecular complexity index is 298. The molecule has 1 aliphatic heterocycles. The molecule has 1 nitrogen and oxygen atoms in total. The highest BCUT2D eigenvalue weighted by Gasteiger charge is 2.18. The minimum Gasteiger partial charge on any atom is -0.314 e. The van der Waals surface area contributed by atoms with Crippen molar-refractivity contribution in [2.45, 2.75) is 38.6 Å². The molecule has 1 aromatic carbocycles. The second-order valence-electron chi connectivity index (χ2n) is 4.50. The number of rotatable bonds is 1. The average Bonchev–Trinajstić information content (AvgIpc) is 2.19. The molecule has 2 rings (SSSR count). The molecule has 0 amide bonds. The molecule has 0 aromatic heterocycles. The quantitative estimate of drug-likeness (QED) is 0.716. The molecule has 1 N–H and O–H groups in total. The largest absolute Gasteiger partial charge is 0.314 e. The highest BCUT2D eigenvalue weighted by Crippen LogP contribution is 2.25. The summed E-state index contributed by atoms with van der Waals surface area (Å²) in [5.74, 6) is 0.728. The van der Waals surface area contributed by atoms with Crippen LogP contribution in [0.3, 0.4) is 0 Å². The summed E-state index contributed by atoms with van der Waals surface area (Å²) in [7, 11) is 0. The Morgan fingerprint density at radius 2 is 2.14 bits per heavy atom. The van der Waals surface area contributed by atoms with Gasteiger partial charge in [0.15, 0.2) is 0 Å². The van der Waals surface area contributed by atoms with Gasteiger partial charge in [-0.3, -0.25) is 0 Å². The van der Waals surface area contributed by atoms with E-state index in [9.17, 15) is 0 Å². The zero-order chi connectivity index (χ0) is 9.97. The van der Waals surface area contributed by atoms with Crippen LogP contribution in [-0.2, 0) is 0 Å². The number of benzene rings is 1. The molecule has 1 fully saturated rings. The fourth-order valence-electron chi connectivity index (χ4n) is 2.21. The fraction of sp³-hybridized carbons (Fsp3) is 0.538. The van der Waals surface area contributed by atoms with Gasteiger partial charge in [-0.2, -0.15) is 0 Å². The normalized spacial score (nSPS) is 27.6. The van der Waals surface area contributed by atoms with Gasteiger partial charge in [0.25, 0.3) is 0 Å². The Balaban J connectivity index is 2.08. The molecule has 2 unspecified atom stereocenters. The van der Waals surface area contributed by atoms with E-state index in [1.54, 1.807) is 0 Å². The van der Waals surface area contributed by atoms with Crippen LogP contribution in [0.25, 0.3) is 0 Å². The van der Waals surface area contributed by atoms with Gasteiger partial charge in [-0.05, 0) is 38.2 Å². The lowest BCUT2D eigenvalue weighted by Gasteiger charge is -2.28. The average molecular weight is 189 g/mol. The third-order valence-electron chi connectivity index (χ3n) is 3.17. The van der Waals surface area contributed by atoms with E-state index in [2.05, 4.69) is 43.4 Å². The number of hydrogen-bond acceptors (Lipinski definition) is 1. The smallest absolute Gasteiger partial charge is 0.00391 e. The molecule has 1 saturated heterocycles. The van der Waals surface area contributed by atoms with Crippen molar-refractivity contribution < 1.29 is 0 Å². The summed E-state index contributed by atoms with van der Waals surface area (Å²) in [5.41, 5.74) is 2.88. The number of piperidine rings is 1. The van der Waals surface area contributed by atoms with Gasteiger partial charge in [-0.25, -0.2) is 0 Å². The molecule has 2 atom stereocenters. The Hall–Kier alpha value is -0.820. The summed E-state index contributed by atoms with van der Waals surface area (Å²) in [6, 6.07) is 9.62. The second kappa shape index (κ2) is 4.14. The van der Waals surface area contributed by atoms with Crippen LogP contribution in [0.15, 0.2) is 24.3 Å². The fourth-order valence-corrected chi connectivity index (χ4v) is 2.21. The zero-order valence-electron chi connectivity index (χ0n) is 9.09. The lowest BCUT2D eigenvalue weighted by atomic mass is 9.88. The van der Waals surface area contributed by atoms with Gasteiger partial charge in [0.05, 0.1) is 0 Å². The summed E-state index contributed by atoms with van der Waals surface area (Å²) in [5, 5.41) is 3.55. The van der Waals surface area contributed by atoms with E-state index in [0.717, 1.165) is 12.5 Å². The van der Waals surface area contributed by atoms with Crippen molar-refractivity contribution in [2.24, 2.45) is 0 Å². The molecule has 0 spiro atoms. The minimum absolute atomic E-state index is 0.705. The predicted molar refractivity (Wildman–Crippen MR) is 60.6 cm³/mol. The highest BCUT2D eigenvalue weighted by atomic mass is 14.9. The summed E-state index contributed by atoms with van der Waals surface area (Å²) in [6.07, 6.45) is 2.64. The van der Waals surface area contributed by atoms with E-state index < -0.39 is 0 Å². The third-order valence-corrected chi connectivity index (χ3v) is 3.17. The standard InChI is InChI=1S/C13H19N/c1-10-4-3-5-12(8-10)13-7-6-11(2)14-9-13/h3-5,8,11,13-14H,6-7,9H2,1-2H3. The molecule has 0 radical (unpaired) electrons. The Kier molecular flexibility index (Phi) is 2.87. The summed E-state index contributed by atoms with van der Waals surface area (Å²) in [4.78, 5) is 0. The van der Waals surface area contributed by atoms with Gasteiger partial charge < -0.3 is 5.32 Å². The Morgan fingerprint density at radius 1 is 1.29 bits per heavy atom. The van der Waals surface area contributed by atoms with Crippen molar-refractivity contribution in [2.75, 3.05) is 6.54 Å². The molecule has 14 heavy (non-hydrogen) atoms. The third kappa shape index (κ3) is 2.16. The first-order valence-electron chi connectivity index (χ1n) is 5.55. The molecule has 0 aliphatic carbocycles. The van der Waals surface area contributed by atoms with Crippen molar-refractivity contribution in [3.05, 3.63) is 35.4 Å². The summed E-state index contributed by atoms with van der Waals surface area (Å²) >= 11 is 0. The van der Waals surface area contributed by atoms with Crippen LogP contribution >= 0.6 is 0 Å². The molecule has 1 heterocycles. The van der Waals surface area contributed by atoms with E-state index in [1.165, 1.54) is 24.0 Å². The number of hydrogen-bond donors (Lipinski definition) is 1. The Labute approximate surface area is 86.5 Å². The maximum Gasteiger partial charge on any atom is 0.00391 e. The SMILES string of the molecule is Cc1cccc(C2CCC(C)NC2)c1. The van der Waals surface area contributed by atoms with Crippen LogP contribution < -0.4 is 5.32 Å². The lowest BCUT2D eigenvalue weighted by molar-refractivity contribution is 0.385. The van der Waals surface area contributed by atoms with Gasteiger partial charge in [-0.1, -0.05) is 29.8 Å². The van der Waals surface area contributed by atoms with E-state index in [1.807, 2.05) is 0 Å². The molecular formula is C13H19N. The zero-order valence-corrected chi connectivity index (χ0v) is 9.09. The molecule has 0 bridgehead atoms. The minimum atomic E-state index is 0.705. The van der Waals surface area contributed by atoms with Crippen LogP contribution in [0.2, 0.25) is 0 Å². The van der Waals surface area contributed by atoms with Crippen molar-refractivity contribution in [1.82, 2.24) is 5.32 Å². The van der Waals surface area contributed by atoms with Crippen molar-refractivity contribution in [3.8, 4) is 0 Å². The summed E-state index contributed by atoms with van der Waals surface area (Å²) < 4.78 is 0. The van der Waals surface area contributed by atoms with Gasteiger partial charge >= 0.3 is 0 Å². The predicted octanol–water partition coefficient (Wildman–Crippen LogP) is 2.85. The maximum atomic E-state index is 3.55. The van der Waals surface area contributed by atoms with Crippen LogP contribution in [0.1, 0.15) is 36.8 Å². The molecule has 76 valence electrons. The van der Waals surface area contributed by atoms with Gasteiger partial charge in [0.2, 0.25) is 0 Å². The van der Waals surface area contributed by atoms with Crippen molar-refractivity contribution in [1.29, 1.82) is 0 Å². The van der Waals surface area contributed by atoms with Gasteiger partial charge in [0.1, 0.15) is 0 Å². The van der Waals surface area contributed by atoms with E-state index >= 15 is 0 Å². The molecule has 0 saturated carbocycles. The first kappa shape index (κ1) is 9.72. The first-order chi connectivity index (χ1) is 6.75. The van der Waals surface area contributed by atoms with Crippen LogP contribution in [0.5, 0.6) is 0 Å². The van der Waals surface area contributed by atoms with Gasteiger partial charge in [0, 0.05) is 12.6 Å². The number of aryl methyl sites for hydroxylation is 1.